The number of thiocarbonyl (C=S) groups is 1. The summed E-state index contributed by atoms with van der Waals surface area (Å²) in [7, 11) is 0. The lowest BCUT2D eigenvalue weighted by molar-refractivity contribution is -0.115. The molecule has 188 valence electrons. The van der Waals surface area contributed by atoms with Crippen LogP contribution in [0.5, 0.6) is 0 Å². The zero-order valence-corrected chi connectivity index (χ0v) is 22.5. The van der Waals surface area contributed by atoms with Gasteiger partial charge in [0, 0.05) is 21.2 Å². The second-order valence-electron chi connectivity index (χ2n) is 10.0. The van der Waals surface area contributed by atoms with Gasteiger partial charge in [0.1, 0.15) is 27.7 Å². The third-order valence-electron chi connectivity index (χ3n) is 7.37. The van der Waals surface area contributed by atoms with Gasteiger partial charge in [-0.15, -0.1) is 0 Å². The number of amides is 1. The summed E-state index contributed by atoms with van der Waals surface area (Å²) in [5.74, 6) is -0.0563. The molecule has 2 saturated carbocycles. The Hall–Kier alpha value is -2.28. The fraction of sp³-hybridized carbons (Fsp3) is 0.429. The highest BCUT2D eigenvalue weighted by molar-refractivity contribution is 7.82. The molecular formula is C28H30Cl2N4OS. The summed E-state index contributed by atoms with van der Waals surface area (Å²) in [6, 6.07) is 15.0. The molecule has 0 unspecified atom stereocenters. The molecule has 2 heterocycles. The van der Waals surface area contributed by atoms with Gasteiger partial charge in [0.25, 0.3) is 5.91 Å². The van der Waals surface area contributed by atoms with E-state index in [0.29, 0.717) is 10.7 Å². The maximum atomic E-state index is 12.1. The van der Waals surface area contributed by atoms with Gasteiger partial charge in [0.15, 0.2) is 0 Å². The lowest BCUT2D eigenvalue weighted by Crippen LogP contribution is -2.43. The van der Waals surface area contributed by atoms with Gasteiger partial charge < -0.3 is 10.6 Å². The van der Waals surface area contributed by atoms with Gasteiger partial charge in [-0.25, -0.2) is 0 Å². The number of hydrogen-bond donors (Lipinski definition) is 2. The first-order valence-corrected chi connectivity index (χ1v) is 13.9. The van der Waals surface area contributed by atoms with Crippen molar-refractivity contribution in [1.29, 1.82) is 0 Å². The van der Waals surface area contributed by atoms with Crippen LogP contribution >= 0.6 is 35.4 Å². The average molecular weight is 542 g/mol. The molecule has 5 nitrogen and oxygen atoms in total. The van der Waals surface area contributed by atoms with Crippen LogP contribution in [0.4, 0.5) is 0 Å². The fourth-order valence-corrected chi connectivity index (χ4v) is 6.09. The Morgan fingerprint density at radius 1 is 0.639 bits per heavy atom. The molecule has 2 fully saturated rings. The lowest BCUT2D eigenvalue weighted by Gasteiger charge is -2.30. The predicted molar refractivity (Wildman–Crippen MR) is 151 cm³/mol. The molecule has 2 aromatic carbocycles. The largest absolute Gasteiger partial charge is 0.351 e. The molecule has 0 atom stereocenters. The third kappa shape index (κ3) is 5.51. The Morgan fingerprint density at radius 2 is 1.06 bits per heavy atom. The maximum Gasteiger partial charge on any atom is 0.272 e. The van der Waals surface area contributed by atoms with E-state index in [9.17, 15) is 4.79 Å². The minimum atomic E-state index is -0.329. The number of aliphatic imine (C=N–C) groups is 2. The normalized spacial score (nSPS) is 21.8. The van der Waals surface area contributed by atoms with Crippen molar-refractivity contribution in [2.45, 2.75) is 75.5 Å². The summed E-state index contributed by atoms with van der Waals surface area (Å²) in [6.07, 6.45) is 11.4. The van der Waals surface area contributed by atoms with Crippen LogP contribution < -0.4 is 10.6 Å². The van der Waals surface area contributed by atoms with Crippen LogP contribution in [0.15, 0.2) is 58.5 Å². The van der Waals surface area contributed by atoms with Gasteiger partial charge in [-0.3, -0.25) is 14.8 Å². The molecule has 0 aromatic heterocycles. The fourth-order valence-electron chi connectivity index (χ4n) is 5.48. The average Bonchev–Trinajstić information content (AvgIpc) is 3.37. The second kappa shape index (κ2) is 10.6. The molecule has 0 radical (unpaired) electrons. The molecule has 2 N–H and O–H groups in total. The zero-order valence-electron chi connectivity index (χ0n) is 20.2. The van der Waals surface area contributed by atoms with Crippen molar-refractivity contribution in [2.24, 2.45) is 9.98 Å². The van der Waals surface area contributed by atoms with Crippen LogP contribution in [0.1, 0.15) is 75.3 Å². The maximum absolute atomic E-state index is 12.1. The van der Waals surface area contributed by atoms with Crippen molar-refractivity contribution in [3.63, 3.8) is 0 Å². The van der Waals surface area contributed by atoms with E-state index in [0.717, 1.165) is 65.4 Å². The molecule has 2 aliphatic carbocycles. The van der Waals surface area contributed by atoms with Crippen LogP contribution in [-0.4, -0.2) is 33.6 Å². The SMILES string of the molecule is O=C1NC2(CCCCC2)N=C1c1ccc(Cl)cc1.S=C1NC2(CCCCC2)N=C1c1ccc(Cl)cc1. The minimum absolute atomic E-state index is 0.0563. The summed E-state index contributed by atoms with van der Waals surface area (Å²) in [5, 5.41) is 7.89. The topological polar surface area (TPSA) is 65.8 Å². The highest BCUT2D eigenvalue weighted by Gasteiger charge is 2.40. The van der Waals surface area contributed by atoms with E-state index in [2.05, 4.69) is 15.6 Å². The number of halogens is 2. The monoisotopic (exact) mass is 540 g/mol. The number of nitrogens with one attached hydrogen (secondary N) is 2. The number of nitrogens with zero attached hydrogens (tertiary/aromatic N) is 2. The van der Waals surface area contributed by atoms with Crippen LogP contribution in [0.2, 0.25) is 10.0 Å². The molecule has 6 rings (SSSR count). The molecular weight excluding hydrogens is 511 g/mol. The molecule has 1 amide bonds. The minimum Gasteiger partial charge on any atom is -0.351 e. The van der Waals surface area contributed by atoms with Gasteiger partial charge >= 0.3 is 0 Å². The Morgan fingerprint density at radius 3 is 1.56 bits per heavy atom. The van der Waals surface area contributed by atoms with E-state index < -0.39 is 0 Å². The molecule has 8 heteroatoms. The van der Waals surface area contributed by atoms with Gasteiger partial charge in [-0.05, 0) is 75.6 Å². The summed E-state index contributed by atoms with van der Waals surface area (Å²) in [4.78, 5) is 22.4. The van der Waals surface area contributed by atoms with Gasteiger partial charge in [-0.2, -0.15) is 0 Å². The van der Waals surface area contributed by atoms with Gasteiger partial charge in [0.05, 0.1) is 0 Å². The van der Waals surface area contributed by atoms with Crippen LogP contribution in [0.3, 0.4) is 0 Å². The molecule has 2 spiro atoms. The summed E-state index contributed by atoms with van der Waals surface area (Å²) >= 11 is 17.2. The van der Waals surface area contributed by atoms with E-state index in [1.54, 1.807) is 12.1 Å². The number of carbonyl (C=O) groups is 1. The van der Waals surface area contributed by atoms with Crippen LogP contribution in [-0.2, 0) is 4.79 Å². The quantitative estimate of drug-likeness (QED) is 0.419. The van der Waals surface area contributed by atoms with Crippen molar-refractivity contribution in [1.82, 2.24) is 10.6 Å². The first-order chi connectivity index (χ1) is 17.4. The molecule has 2 aromatic rings. The van der Waals surface area contributed by atoms with Crippen molar-refractivity contribution in [3.05, 3.63) is 69.7 Å². The number of rotatable bonds is 2. The predicted octanol–water partition coefficient (Wildman–Crippen LogP) is 6.64. The van der Waals surface area contributed by atoms with Crippen molar-refractivity contribution in [2.75, 3.05) is 0 Å². The molecule has 4 aliphatic rings. The van der Waals surface area contributed by atoms with Crippen molar-refractivity contribution < 1.29 is 4.79 Å². The van der Waals surface area contributed by atoms with Crippen molar-refractivity contribution in [3.8, 4) is 0 Å². The Balaban J connectivity index is 0.000000148. The Labute approximate surface area is 227 Å². The summed E-state index contributed by atoms with van der Waals surface area (Å²) in [6.45, 7) is 0. The third-order valence-corrected chi connectivity index (χ3v) is 8.17. The Kier molecular flexibility index (Phi) is 7.47. The molecule has 0 bridgehead atoms. The number of carbonyl (C=O) groups excluding carboxylic acids is 1. The van der Waals surface area contributed by atoms with Crippen molar-refractivity contribution >= 4 is 57.7 Å². The van der Waals surface area contributed by atoms with Gasteiger partial charge in [-0.1, -0.05) is 72.5 Å². The first kappa shape index (κ1) is 25.4. The Bertz CT molecular complexity index is 1100. The number of hydrogen-bond acceptors (Lipinski definition) is 4. The smallest absolute Gasteiger partial charge is 0.272 e. The highest BCUT2D eigenvalue weighted by Crippen LogP contribution is 2.34. The van der Waals surface area contributed by atoms with E-state index in [1.807, 2.05) is 36.4 Å². The van der Waals surface area contributed by atoms with Crippen LogP contribution in [0, 0.1) is 0 Å². The lowest BCUT2D eigenvalue weighted by atomic mass is 9.90. The van der Waals surface area contributed by atoms with E-state index in [-0.39, 0.29) is 17.2 Å². The summed E-state index contributed by atoms with van der Waals surface area (Å²) in [5.41, 5.74) is 2.92. The molecule has 0 saturated heterocycles. The second-order valence-corrected chi connectivity index (χ2v) is 11.3. The highest BCUT2D eigenvalue weighted by atomic mass is 35.5. The standard InChI is InChI=1S/C14H15ClN2O.C14H15ClN2S/c2*15-11-6-4-10(5-7-11)12-13(18)17-14(16-12)8-2-1-3-9-14/h2*4-7H,1-3,8-9H2,(H,17,18). The summed E-state index contributed by atoms with van der Waals surface area (Å²) < 4.78 is 0. The van der Waals surface area contributed by atoms with E-state index in [1.165, 1.54) is 25.7 Å². The zero-order chi connectivity index (χ0) is 25.2. The first-order valence-electron chi connectivity index (χ1n) is 12.7. The van der Waals surface area contributed by atoms with E-state index in [4.69, 9.17) is 40.4 Å². The number of benzene rings is 2. The van der Waals surface area contributed by atoms with Crippen LogP contribution in [0.25, 0.3) is 0 Å². The molecule has 36 heavy (non-hydrogen) atoms. The van der Waals surface area contributed by atoms with Gasteiger partial charge in [0.2, 0.25) is 0 Å². The molecule has 2 aliphatic heterocycles. The van der Waals surface area contributed by atoms with E-state index >= 15 is 0 Å².